The summed E-state index contributed by atoms with van der Waals surface area (Å²) in [6, 6.07) is 11.0. The molecule has 0 spiro atoms. The Morgan fingerprint density at radius 2 is 1.75 bits per heavy atom. The normalized spacial score (nSPS) is 26.4. The fourth-order valence-electron chi connectivity index (χ4n) is 5.74. The Morgan fingerprint density at radius 1 is 1.06 bits per heavy atom. The second kappa shape index (κ2) is 9.43. The summed E-state index contributed by atoms with van der Waals surface area (Å²) in [7, 11) is 0. The van der Waals surface area contributed by atoms with Gasteiger partial charge < -0.3 is 15.2 Å². The van der Waals surface area contributed by atoms with Crippen LogP contribution in [0.5, 0.6) is 5.75 Å². The van der Waals surface area contributed by atoms with Crippen LogP contribution in [0.25, 0.3) is 10.8 Å². The van der Waals surface area contributed by atoms with Crippen LogP contribution >= 0.6 is 0 Å². The van der Waals surface area contributed by atoms with Gasteiger partial charge in [0.05, 0.1) is 12.0 Å². The maximum absolute atomic E-state index is 11.3. The van der Waals surface area contributed by atoms with Crippen LogP contribution in [0.1, 0.15) is 76.8 Å². The molecule has 4 heteroatoms. The molecule has 4 rings (SSSR count). The van der Waals surface area contributed by atoms with Crippen molar-refractivity contribution in [1.29, 1.82) is 0 Å². The largest absolute Gasteiger partial charge is 0.490 e. The Bertz CT molecular complexity index is 953. The predicted molar refractivity (Wildman–Crippen MR) is 130 cm³/mol. The van der Waals surface area contributed by atoms with Crippen molar-refractivity contribution in [2.24, 2.45) is 17.3 Å². The van der Waals surface area contributed by atoms with E-state index in [2.05, 4.69) is 63.3 Å². The van der Waals surface area contributed by atoms with Crippen molar-refractivity contribution in [3.8, 4) is 5.75 Å². The Kier molecular flexibility index (Phi) is 6.80. The molecule has 2 saturated carbocycles. The van der Waals surface area contributed by atoms with Crippen LogP contribution in [0.2, 0.25) is 0 Å². The topological polar surface area (TPSA) is 58.6 Å². The van der Waals surface area contributed by atoms with Gasteiger partial charge in [-0.3, -0.25) is 4.79 Å². The van der Waals surface area contributed by atoms with E-state index < -0.39 is 5.97 Å². The van der Waals surface area contributed by atoms with Crippen LogP contribution < -0.4 is 10.1 Å². The van der Waals surface area contributed by atoms with E-state index >= 15 is 0 Å². The van der Waals surface area contributed by atoms with Crippen LogP contribution in [0.15, 0.2) is 30.3 Å². The van der Waals surface area contributed by atoms with Crippen molar-refractivity contribution in [3.63, 3.8) is 0 Å². The number of hydrogen-bond acceptors (Lipinski definition) is 3. The Labute approximate surface area is 192 Å². The fraction of sp³-hybridized carbons (Fsp3) is 0.607. The molecule has 174 valence electrons. The zero-order chi connectivity index (χ0) is 22.9. The minimum atomic E-state index is -0.662. The van der Waals surface area contributed by atoms with Crippen LogP contribution in [0.4, 0.5) is 0 Å². The van der Waals surface area contributed by atoms with Crippen LogP contribution in [0, 0.1) is 24.2 Å². The first kappa shape index (κ1) is 23.1. The van der Waals surface area contributed by atoms with E-state index in [-0.39, 0.29) is 18.1 Å². The summed E-state index contributed by atoms with van der Waals surface area (Å²) in [6.45, 7) is 9.94. The molecular formula is C28H39NO3. The van der Waals surface area contributed by atoms with Gasteiger partial charge in [0.15, 0.2) is 0 Å². The van der Waals surface area contributed by atoms with Gasteiger partial charge in [0.1, 0.15) is 5.75 Å². The molecule has 0 saturated heterocycles. The molecule has 0 aromatic heterocycles. The number of carboxylic acid groups (broad SMARTS) is 1. The maximum Gasteiger partial charge on any atom is 0.306 e. The summed E-state index contributed by atoms with van der Waals surface area (Å²) in [5.74, 6) is 0.896. The number of nitrogens with one attached hydrogen (secondary N) is 1. The van der Waals surface area contributed by atoms with Gasteiger partial charge in [0.2, 0.25) is 0 Å². The van der Waals surface area contributed by atoms with Gasteiger partial charge in [-0.1, -0.05) is 45.0 Å². The third kappa shape index (κ3) is 5.11. The van der Waals surface area contributed by atoms with Gasteiger partial charge in [-0.05, 0) is 85.6 Å². The van der Waals surface area contributed by atoms with Gasteiger partial charge >= 0.3 is 5.97 Å². The number of hydrogen-bond donors (Lipinski definition) is 2. The zero-order valence-corrected chi connectivity index (χ0v) is 20.1. The molecule has 0 radical (unpaired) electrons. The van der Waals surface area contributed by atoms with E-state index in [0.717, 1.165) is 37.4 Å². The van der Waals surface area contributed by atoms with Crippen LogP contribution in [0.3, 0.4) is 0 Å². The molecule has 2 aliphatic rings. The predicted octanol–water partition coefficient (Wildman–Crippen LogP) is 6.47. The van der Waals surface area contributed by atoms with Crippen molar-refractivity contribution in [1.82, 2.24) is 5.32 Å². The minimum Gasteiger partial charge on any atom is -0.490 e. The second-order valence-electron chi connectivity index (χ2n) is 11.1. The van der Waals surface area contributed by atoms with Crippen LogP contribution in [-0.2, 0) is 11.3 Å². The van der Waals surface area contributed by atoms with Gasteiger partial charge in [0.25, 0.3) is 0 Å². The molecule has 2 aliphatic carbocycles. The average Bonchev–Trinajstić information content (AvgIpc) is 3.23. The summed E-state index contributed by atoms with van der Waals surface area (Å²) in [4.78, 5) is 11.3. The van der Waals surface area contributed by atoms with E-state index in [1.807, 2.05) is 0 Å². The molecule has 32 heavy (non-hydrogen) atoms. The first-order chi connectivity index (χ1) is 15.2. The number of carboxylic acids is 1. The number of rotatable bonds is 6. The third-order valence-corrected chi connectivity index (χ3v) is 7.86. The summed E-state index contributed by atoms with van der Waals surface area (Å²) in [5.41, 5.74) is 2.83. The molecule has 4 nitrogen and oxygen atoms in total. The van der Waals surface area contributed by atoms with E-state index in [4.69, 9.17) is 4.74 Å². The lowest BCUT2D eigenvalue weighted by atomic mass is 9.72. The molecule has 2 unspecified atom stereocenters. The number of fused-ring (bicyclic) bond motifs is 1. The first-order valence-corrected chi connectivity index (χ1v) is 12.4. The molecule has 0 bridgehead atoms. The average molecular weight is 438 g/mol. The van der Waals surface area contributed by atoms with E-state index in [1.54, 1.807) is 0 Å². The highest BCUT2D eigenvalue weighted by atomic mass is 16.5. The lowest BCUT2D eigenvalue weighted by Gasteiger charge is -2.37. The fourth-order valence-corrected chi connectivity index (χ4v) is 5.74. The van der Waals surface area contributed by atoms with Crippen molar-refractivity contribution < 1.29 is 14.6 Å². The van der Waals surface area contributed by atoms with Gasteiger partial charge in [0, 0.05) is 18.2 Å². The van der Waals surface area contributed by atoms with Crippen molar-refractivity contribution in [2.45, 2.75) is 91.3 Å². The van der Waals surface area contributed by atoms with Gasteiger partial charge in [-0.15, -0.1) is 0 Å². The number of benzene rings is 2. The summed E-state index contributed by atoms with van der Waals surface area (Å²) >= 11 is 0. The quantitative estimate of drug-likeness (QED) is 0.543. The van der Waals surface area contributed by atoms with E-state index in [9.17, 15) is 9.90 Å². The third-order valence-electron chi connectivity index (χ3n) is 7.86. The summed E-state index contributed by atoms with van der Waals surface area (Å²) in [5, 5.41) is 15.5. The molecule has 2 fully saturated rings. The monoisotopic (exact) mass is 437 g/mol. The molecule has 0 aliphatic heterocycles. The molecule has 2 atom stereocenters. The molecule has 0 amide bonds. The maximum atomic E-state index is 11.3. The highest BCUT2D eigenvalue weighted by Crippen LogP contribution is 2.40. The summed E-state index contributed by atoms with van der Waals surface area (Å²) in [6.07, 6.45) is 7.37. The molecule has 0 heterocycles. The van der Waals surface area contributed by atoms with E-state index in [0.29, 0.717) is 18.4 Å². The van der Waals surface area contributed by atoms with Crippen molar-refractivity contribution in [2.75, 3.05) is 0 Å². The second-order valence-corrected chi connectivity index (χ2v) is 11.1. The van der Waals surface area contributed by atoms with Gasteiger partial charge in [-0.25, -0.2) is 0 Å². The van der Waals surface area contributed by atoms with Crippen molar-refractivity contribution >= 4 is 16.7 Å². The highest BCUT2D eigenvalue weighted by molar-refractivity contribution is 5.90. The first-order valence-electron chi connectivity index (χ1n) is 12.4. The Hall–Kier alpha value is -2.07. The standard InChI is InChI=1S/C28H39NO3/c1-18-15-26(32-22-13-10-20(11-14-22)28(2,3)4)25(24-8-6-5-7-23(18)24)17-29-21-12-9-19(16-21)27(30)31/h5-8,15,19-22,29H,9-14,16-17H2,1-4H3,(H,30,31)/t19?,20-,21?,22-. The smallest absolute Gasteiger partial charge is 0.306 e. The molecule has 2 aromatic rings. The number of carbonyl (C=O) groups is 1. The van der Waals surface area contributed by atoms with Crippen LogP contribution in [-0.4, -0.2) is 23.2 Å². The summed E-state index contributed by atoms with van der Waals surface area (Å²) < 4.78 is 6.68. The number of ether oxygens (including phenoxy) is 1. The zero-order valence-electron chi connectivity index (χ0n) is 20.1. The van der Waals surface area contributed by atoms with Gasteiger partial charge in [-0.2, -0.15) is 0 Å². The van der Waals surface area contributed by atoms with E-state index in [1.165, 1.54) is 34.7 Å². The lowest BCUT2D eigenvalue weighted by Crippen LogP contribution is -2.31. The molecule has 2 N–H and O–H groups in total. The Balaban J connectivity index is 1.52. The number of aliphatic carboxylic acids is 1. The Morgan fingerprint density at radius 3 is 2.38 bits per heavy atom. The highest BCUT2D eigenvalue weighted by Gasteiger charge is 2.32. The number of aryl methyl sites for hydroxylation is 1. The van der Waals surface area contributed by atoms with Crippen molar-refractivity contribution in [3.05, 3.63) is 41.5 Å². The molecular weight excluding hydrogens is 398 g/mol. The SMILES string of the molecule is Cc1cc(O[C@H]2CC[C@H](C(C)(C)C)CC2)c(CNC2CCC(C(=O)O)C2)c2ccccc12. The molecule has 2 aromatic carbocycles. The lowest BCUT2D eigenvalue weighted by molar-refractivity contribution is -0.141. The minimum absolute atomic E-state index is 0.212.